The number of hydrogen-bond acceptors (Lipinski definition) is 3. The van der Waals surface area contributed by atoms with E-state index in [-0.39, 0.29) is 24.6 Å². The summed E-state index contributed by atoms with van der Waals surface area (Å²) in [6.07, 6.45) is 5.85. The molecule has 0 spiro atoms. The van der Waals surface area contributed by atoms with Crippen LogP contribution in [-0.4, -0.2) is 24.2 Å². The maximum absolute atomic E-state index is 6.70. The lowest BCUT2D eigenvalue weighted by Gasteiger charge is -2.32. The van der Waals surface area contributed by atoms with Gasteiger partial charge in [0, 0.05) is 6.04 Å². The Morgan fingerprint density at radius 1 is 0.645 bits per heavy atom. The number of hydrogen-bond donors (Lipinski definition) is 2. The van der Waals surface area contributed by atoms with Crippen LogP contribution in [0.1, 0.15) is 43.7 Å². The Hall–Kier alpha value is -2.17. The Morgan fingerprint density at radius 3 is 2.13 bits per heavy atom. The van der Waals surface area contributed by atoms with Crippen LogP contribution in [0.5, 0.6) is 0 Å². The van der Waals surface area contributed by atoms with Crippen LogP contribution in [0.15, 0.2) is 66.7 Å². The zero-order valence-electron chi connectivity index (χ0n) is 18.0. The Balaban J connectivity index is 0.00000231. The minimum atomic E-state index is 0. The average molecular weight is 434 g/mol. The van der Waals surface area contributed by atoms with Crippen molar-refractivity contribution in [2.75, 3.05) is 13.1 Å². The van der Waals surface area contributed by atoms with E-state index in [4.69, 9.17) is 11.5 Å². The molecule has 1 fully saturated rings. The molecule has 1 saturated heterocycles. The summed E-state index contributed by atoms with van der Waals surface area (Å²) in [7, 11) is 0. The van der Waals surface area contributed by atoms with Crippen molar-refractivity contribution in [3.8, 4) is 0 Å². The molecular formula is C27H32ClN3. The predicted octanol–water partition coefficient (Wildman–Crippen LogP) is 6.12. The summed E-state index contributed by atoms with van der Waals surface area (Å²) in [5.41, 5.74) is 14.4. The van der Waals surface area contributed by atoms with Gasteiger partial charge in [-0.3, -0.25) is 4.90 Å². The van der Waals surface area contributed by atoms with Crippen molar-refractivity contribution in [1.82, 2.24) is 4.90 Å². The van der Waals surface area contributed by atoms with Crippen LogP contribution in [0.3, 0.4) is 0 Å². The van der Waals surface area contributed by atoms with E-state index < -0.39 is 0 Å². The summed E-state index contributed by atoms with van der Waals surface area (Å²) >= 11 is 0. The molecule has 0 saturated carbocycles. The van der Waals surface area contributed by atoms with Crippen molar-refractivity contribution >= 4 is 44.7 Å². The molecule has 31 heavy (non-hydrogen) atoms. The molecular weight excluding hydrogens is 402 g/mol. The van der Waals surface area contributed by atoms with E-state index in [0.717, 1.165) is 25.9 Å². The molecule has 0 amide bonds. The first-order chi connectivity index (χ1) is 14.7. The molecule has 2 atom stereocenters. The standard InChI is InChI=1S/C27H31N3.ClH/c28-26(15-16-27(29)30-17-4-1-5-18-30)25-10-6-9-21-23-12-11-19-7-2-3-8-20(19)22(23)13-14-24(21)25;/h2-3,6-14,26-27H,1,4-5,15-18,28-29H2;1H. The van der Waals surface area contributed by atoms with Gasteiger partial charge in [-0.25, -0.2) is 0 Å². The third kappa shape index (κ3) is 4.28. The van der Waals surface area contributed by atoms with Crippen molar-refractivity contribution in [3.05, 3.63) is 72.3 Å². The number of nitrogens with two attached hydrogens (primary N) is 2. The molecule has 1 heterocycles. The van der Waals surface area contributed by atoms with Gasteiger partial charge in [-0.15, -0.1) is 12.4 Å². The maximum Gasteiger partial charge on any atom is 0.0572 e. The van der Waals surface area contributed by atoms with Crippen LogP contribution in [0, 0.1) is 0 Å². The van der Waals surface area contributed by atoms with Crippen LogP contribution in [0.4, 0.5) is 0 Å². The number of likely N-dealkylation sites (tertiary alicyclic amines) is 1. The highest BCUT2D eigenvalue weighted by Gasteiger charge is 2.19. The first-order valence-electron chi connectivity index (χ1n) is 11.3. The predicted molar refractivity (Wildman–Crippen MR) is 136 cm³/mol. The summed E-state index contributed by atoms with van der Waals surface area (Å²) in [5.74, 6) is 0. The van der Waals surface area contributed by atoms with Crippen molar-refractivity contribution in [2.24, 2.45) is 11.5 Å². The molecule has 0 radical (unpaired) electrons. The molecule has 5 rings (SSSR count). The molecule has 1 aliphatic rings. The molecule has 4 heteroatoms. The summed E-state index contributed by atoms with van der Waals surface area (Å²) in [4.78, 5) is 2.43. The minimum absolute atomic E-state index is 0. The maximum atomic E-state index is 6.70. The summed E-state index contributed by atoms with van der Waals surface area (Å²) < 4.78 is 0. The molecule has 4 N–H and O–H groups in total. The highest BCUT2D eigenvalue weighted by atomic mass is 35.5. The third-order valence-electron chi connectivity index (χ3n) is 6.85. The zero-order valence-corrected chi connectivity index (χ0v) is 18.8. The fraction of sp³-hybridized carbons (Fsp3) is 0.333. The Morgan fingerprint density at radius 2 is 1.29 bits per heavy atom. The molecule has 0 aliphatic carbocycles. The van der Waals surface area contributed by atoms with Gasteiger partial charge in [0.25, 0.3) is 0 Å². The largest absolute Gasteiger partial charge is 0.324 e. The van der Waals surface area contributed by atoms with E-state index in [0.29, 0.717) is 0 Å². The summed E-state index contributed by atoms with van der Waals surface area (Å²) in [6.45, 7) is 2.26. The monoisotopic (exact) mass is 433 g/mol. The highest BCUT2D eigenvalue weighted by Crippen LogP contribution is 2.34. The number of benzene rings is 4. The summed E-state index contributed by atoms with van der Waals surface area (Å²) in [6, 6.07) is 24.2. The van der Waals surface area contributed by atoms with Gasteiger partial charge in [-0.2, -0.15) is 0 Å². The number of piperidine rings is 1. The topological polar surface area (TPSA) is 55.3 Å². The quantitative estimate of drug-likeness (QED) is 0.373. The highest BCUT2D eigenvalue weighted by molar-refractivity contribution is 6.17. The second-order valence-electron chi connectivity index (χ2n) is 8.74. The first kappa shape index (κ1) is 22.0. The molecule has 2 unspecified atom stereocenters. The van der Waals surface area contributed by atoms with Crippen LogP contribution in [0.25, 0.3) is 32.3 Å². The van der Waals surface area contributed by atoms with Gasteiger partial charge >= 0.3 is 0 Å². The van der Waals surface area contributed by atoms with Gasteiger partial charge < -0.3 is 11.5 Å². The summed E-state index contributed by atoms with van der Waals surface area (Å²) in [5, 5.41) is 7.73. The van der Waals surface area contributed by atoms with Crippen LogP contribution in [-0.2, 0) is 0 Å². The lowest BCUT2D eigenvalue weighted by Crippen LogP contribution is -2.45. The van der Waals surface area contributed by atoms with Crippen LogP contribution >= 0.6 is 12.4 Å². The van der Waals surface area contributed by atoms with Crippen LogP contribution in [0.2, 0.25) is 0 Å². The first-order valence-corrected chi connectivity index (χ1v) is 11.3. The van der Waals surface area contributed by atoms with Crippen molar-refractivity contribution < 1.29 is 0 Å². The van der Waals surface area contributed by atoms with E-state index in [9.17, 15) is 0 Å². The molecule has 0 bridgehead atoms. The lowest BCUT2D eigenvalue weighted by molar-refractivity contribution is 0.155. The zero-order chi connectivity index (χ0) is 20.5. The molecule has 4 aromatic rings. The molecule has 0 aromatic heterocycles. The molecule has 4 aromatic carbocycles. The van der Waals surface area contributed by atoms with E-state index >= 15 is 0 Å². The molecule has 1 aliphatic heterocycles. The van der Waals surface area contributed by atoms with Crippen molar-refractivity contribution in [1.29, 1.82) is 0 Å². The third-order valence-corrected chi connectivity index (χ3v) is 6.85. The SMILES string of the molecule is Cl.NC(CCC(N)N1CCCCC1)c1cccc2c1ccc1c3ccccc3ccc21. The number of fused-ring (bicyclic) bond motifs is 5. The van der Waals surface area contributed by atoms with Crippen molar-refractivity contribution in [2.45, 2.75) is 44.3 Å². The average Bonchev–Trinajstić information content (AvgIpc) is 2.82. The van der Waals surface area contributed by atoms with Crippen molar-refractivity contribution in [3.63, 3.8) is 0 Å². The van der Waals surface area contributed by atoms with Gasteiger partial charge in [-0.1, -0.05) is 73.2 Å². The minimum Gasteiger partial charge on any atom is -0.324 e. The fourth-order valence-electron chi connectivity index (χ4n) is 5.14. The van der Waals surface area contributed by atoms with Gasteiger partial charge in [0.15, 0.2) is 0 Å². The Bertz CT molecular complexity index is 1180. The Kier molecular flexibility index (Phi) is 6.78. The van der Waals surface area contributed by atoms with E-state index in [1.165, 1.54) is 57.1 Å². The number of halogens is 1. The van der Waals surface area contributed by atoms with E-state index in [1.54, 1.807) is 0 Å². The molecule has 162 valence electrons. The number of nitrogens with zero attached hydrogens (tertiary/aromatic N) is 1. The van der Waals surface area contributed by atoms with Gasteiger partial charge in [-0.05, 0) is 76.7 Å². The second kappa shape index (κ2) is 9.54. The van der Waals surface area contributed by atoms with E-state index in [1.807, 2.05) is 0 Å². The molecule has 3 nitrogen and oxygen atoms in total. The second-order valence-corrected chi connectivity index (χ2v) is 8.74. The van der Waals surface area contributed by atoms with E-state index in [2.05, 4.69) is 71.6 Å². The lowest BCUT2D eigenvalue weighted by atomic mass is 9.91. The smallest absolute Gasteiger partial charge is 0.0572 e. The normalized spacial score (nSPS) is 17.0. The Labute approximate surface area is 190 Å². The van der Waals surface area contributed by atoms with Crippen LogP contribution < -0.4 is 11.5 Å². The number of rotatable bonds is 5. The fourth-order valence-corrected chi connectivity index (χ4v) is 5.14. The van der Waals surface area contributed by atoms with Gasteiger partial charge in [0.2, 0.25) is 0 Å². The van der Waals surface area contributed by atoms with Gasteiger partial charge in [0.05, 0.1) is 6.17 Å². The van der Waals surface area contributed by atoms with Gasteiger partial charge in [0.1, 0.15) is 0 Å².